The Bertz CT molecular complexity index is 2500. The number of nitrogens with one attached hydrogen (secondary N) is 1. The molecule has 0 radical (unpaired) electrons. The summed E-state index contributed by atoms with van der Waals surface area (Å²) in [6, 6.07) is 33.3. The number of carbonyl (C=O) groups excluding carboxylic acids is 4. The van der Waals surface area contributed by atoms with Gasteiger partial charge in [0.15, 0.2) is 5.13 Å². The fourth-order valence-electron chi connectivity index (χ4n) is 6.24. The fourth-order valence-corrected chi connectivity index (χ4v) is 6.98. The van der Waals surface area contributed by atoms with Crippen molar-refractivity contribution >= 4 is 56.8 Å². The second-order valence-electron chi connectivity index (χ2n) is 14.5. The molecule has 0 spiro atoms. The van der Waals surface area contributed by atoms with Crippen LogP contribution < -0.4 is 24.7 Å². The van der Waals surface area contributed by atoms with E-state index >= 15 is 0 Å². The molecule has 0 saturated heterocycles. The van der Waals surface area contributed by atoms with Crippen LogP contribution in [0.1, 0.15) is 77.6 Å². The Balaban J connectivity index is 0.000000711. The molecule has 0 atom stereocenters. The number of benzene rings is 5. The highest BCUT2D eigenvalue weighted by atomic mass is 32.1. The van der Waals surface area contributed by atoms with Gasteiger partial charge in [0.05, 0.1) is 47.8 Å². The number of carbonyl (C=O) groups is 4. The van der Waals surface area contributed by atoms with Gasteiger partial charge in [-0.2, -0.15) is 0 Å². The van der Waals surface area contributed by atoms with Crippen LogP contribution in [0.5, 0.6) is 23.0 Å². The van der Waals surface area contributed by atoms with Crippen LogP contribution in [0, 0.1) is 5.41 Å². The maximum absolute atomic E-state index is 12.9. The summed E-state index contributed by atoms with van der Waals surface area (Å²) in [5.74, 6) is 0.0674. The number of para-hydroxylation sites is 1. The van der Waals surface area contributed by atoms with Crippen molar-refractivity contribution in [3.63, 3.8) is 0 Å². The van der Waals surface area contributed by atoms with Gasteiger partial charge in [0.1, 0.15) is 23.0 Å². The number of nitrogen functional groups attached to an aromatic ring is 1. The summed E-state index contributed by atoms with van der Waals surface area (Å²) in [4.78, 5) is 51.9. The summed E-state index contributed by atoms with van der Waals surface area (Å²) in [5.41, 5.74) is 9.27. The zero-order valence-electron chi connectivity index (χ0n) is 36.6. The van der Waals surface area contributed by atoms with Crippen LogP contribution in [0.15, 0.2) is 141 Å². The molecule has 0 aliphatic rings. The molecule has 1 aromatic heterocycles. The van der Waals surface area contributed by atoms with Crippen LogP contribution in [-0.4, -0.2) is 61.5 Å². The van der Waals surface area contributed by atoms with Gasteiger partial charge in [-0.1, -0.05) is 54.8 Å². The molecule has 3 N–H and O–H groups in total. The molecule has 0 aliphatic carbocycles. The number of esters is 4. The topological polar surface area (TPSA) is 186 Å². The summed E-state index contributed by atoms with van der Waals surface area (Å²) in [6.45, 7) is 8.55. The van der Waals surface area contributed by atoms with Gasteiger partial charge in [-0.25, -0.2) is 24.2 Å². The molecule has 0 unspecified atom stereocenters. The van der Waals surface area contributed by atoms with Crippen molar-refractivity contribution in [3.05, 3.63) is 157 Å². The van der Waals surface area contributed by atoms with Crippen molar-refractivity contribution in [2.24, 2.45) is 0 Å². The molecular weight excluding hydrogens is 859 g/mol. The quantitative estimate of drug-likeness (QED) is 0.0193. The van der Waals surface area contributed by atoms with Crippen LogP contribution in [0.4, 0.5) is 5.13 Å². The summed E-state index contributed by atoms with van der Waals surface area (Å²) >= 11 is 1.52. The zero-order valence-corrected chi connectivity index (χ0v) is 37.4. The van der Waals surface area contributed by atoms with E-state index in [9.17, 15) is 19.2 Å². The monoisotopic (exact) mass is 911 g/mol. The highest BCUT2D eigenvalue weighted by molar-refractivity contribution is 7.22. The third-order valence-corrected chi connectivity index (χ3v) is 10.6. The Kier molecular flexibility index (Phi) is 20.2. The van der Waals surface area contributed by atoms with Crippen LogP contribution >= 0.6 is 11.3 Å². The maximum atomic E-state index is 12.9. The summed E-state index contributed by atoms with van der Waals surface area (Å²) in [6.07, 6.45) is 10.5. The Morgan fingerprint density at radius 3 is 1.55 bits per heavy atom. The lowest BCUT2D eigenvalue weighted by Gasteiger charge is -2.11. The molecule has 342 valence electrons. The molecule has 0 amide bonds. The number of nitrogens with two attached hydrogens (primary N) is 1. The summed E-state index contributed by atoms with van der Waals surface area (Å²) < 4.78 is 33.8. The first-order valence-electron chi connectivity index (χ1n) is 21.5. The SMILES string of the molecule is C=CC(=O)OCCCCCCOc1ccc(C(=O)Oc2ccc(-c3ccc(OC(=O)c4ccc(OCCCCCCOC(=O)C=C)cc4)cc3C=N)cc2)cc1.Nc1nc2ccccc2s1. The highest BCUT2D eigenvalue weighted by Crippen LogP contribution is 2.29. The van der Waals surface area contributed by atoms with E-state index in [0.29, 0.717) is 71.2 Å². The fraction of sp³-hybridized carbons (Fsp3) is 0.231. The van der Waals surface area contributed by atoms with E-state index in [1.807, 2.05) is 24.3 Å². The molecule has 6 aromatic rings. The van der Waals surface area contributed by atoms with Crippen molar-refractivity contribution in [2.75, 3.05) is 32.2 Å². The lowest BCUT2D eigenvalue weighted by Crippen LogP contribution is -2.09. The number of hydrogen-bond acceptors (Lipinski definition) is 14. The van der Waals surface area contributed by atoms with Crippen LogP contribution in [0.25, 0.3) is 21.3 Å². The molecule has 1 heterocycles. The lowest BCUT2D eigenvalue weighted by atomic mass is 10.00. The average molecular weight is 912 g/mol. The van der Waals surface area contributed by atoms with E-state index in [1.165, 1.54) is 17.6 Å². The Labute approximate surface area is 388 Å². The number of fused-ring (bicyclic) bond motifs is 1. The van der Waals surface area contributed by atoms with Gasteiger partial charge in [-0.15, -0.1) is 0 Å². The number of ether oxygens (including phenoxy) is 6. The molecule has 0 saturated carbocycles. The van der Waals surface area contributed by atoms with Crippen LogP contribution in [-0.2, 0) is 19.1 Å². The van der Waals surface area contributed by atoms with Crippen molar-refractivity contribution in [1.82, 2.24) is 4.98 Å². The first-order valence-corrected chi connectivity index (χ1v) is 22.3. The van der Waals surface area contributed by atoms with E-state index in [1.54, 1.807) is 91.0 Å². The molecule has 66 heavy (non-hydrogen) atoms. The Morgan fingerprint density at radius 1 is 0.576 bits per heavy atom. The second-order valence-corrected chi connectivity index (χ2v) is 15.6. The predicted molar refractivity (Wildman–Crippen MR) is 257 cm³/mol. The number of aromatic nitrogens is 1. The minimum absolute atomic E-state index is 0.291. The first kappa shape index (κ1) is 49.4. The highest BCUT2D eigenvalue weighted by Gasteiger charge is 2.14. The van der Waals surface area contributed by atoms with Gasteiger partial charge in [-0.3, -0.25) is 0 Å². The standard InChI is InChI=1S/C45H47NO10.C7H6N2S/c1-3-42(47)53-29-11-7-5-9-27-51-37-19-15-34(16-20-37)44(49)55-39-23-13-33(14-24-39)41-26-25-40(31-36(41)32-46)56-45(50)35-17-21-38(22-18-35)52-28-10-6-8-12-30-54-43(48)4-2;8-7-9-5-3-1-2-4-6(5)10-7/h3-4,13-26,31-32,46H,1-2,5-12,27-30H2;1-4H,(H2,8,9). The molecule has 0 aliphatic heterocycles. The smallest absolute Gasteiger partial charge is 0.343 e. The third-order valence-electron chi connectivity index (χ3n) is 9.69. The second kappa shape index (κ2) is 26.9. The molecule has 0 bridgehead atoms. The van der Waals surface area contributed by atoms with Gasteiger partial charge >= 0.3 is 23.9 Å². The van der Waals surface area contributed by atoms with E-state index in [0.717, 1.165) is 84.9 Å². The molecule has 0 fully saturated rings. The Hall–Kier alpha value is -7.58. The predicted octanol–water partition coefficient (Wildman–Crippen LogP) is 11.0. The normalized spacial score (nSPS) is 10.4. The number of rotatable bonds is 24. The van der Waals surface area contributed by atoms with Crippen molar-refractivity contribution in [2.45, 2.75) is 51.4 Å². The molecule has 5 aromatic carbocycles. The molecule has 13 nitrogen and oxygen atoms in total. The first-order chi connectivity index (χ1) is 32.1. The van der Waals surface area contributed by atoms with Crippen LogP contribution in [0.2, 0.25) is 0 Å². The zero-order chi connectivity index (χ0) is 46.9. The van der Waals surface area contributed by atoms with E-state index in [-0.39, 0.29) is 0 Å². The van der Waals surface area contributed by atoms with Crippen molar-refractivity contribution < 1.29 is 47.6 Å². The van der Waals surface area contributed by atoms with E-state index < -0.39 is 23.9 Å². The van der Waals surface area contributed by atoms with Crippen LogP contribution in [0.3, 0.4) is 0 Å². The number of hydrogen-bond donors (Lipinski definition) is 2. The van der Waals surface area contributed by atoms with Gasteiger partial charge in [0.2, 0.25) is 0 Å². The molecule has 14 heteroatoms. The summed E-state index contributed by atoms with van der Waals surface area (Å²) in [5, 5.41) is 8.62. The Morgan fingerprint density at radius 2 is 1.05 bits per heavy atom. The molecular formula is C52H53N3O10S. The number of unbranched alkanes of at least 4 members (excludes halogenated alkanes) is 6. The van der Waals surface area contributed by atoms with Crippen molar-refractivity contribution in [3.8, 4) is 34.1 Å². The van der Waals surface area contributed by atoms with Crippen molar-refractivity contribution in [1.29, 1.82) is 5.41 Å². The minimum Gasteiger partial charge on any atom is -0.494 e. The van der Waals surface area contributed by atoms with Gasteiger partial charge in [0, 0.05) is 23.9 Å². The average Bonchev–Trinajstić information content (AvgIpc) is 3.73. The number of anilines is 1. The van der Waals surface area contributed by atoms with Gasteiger partial charge < -0.3 is 39.6 Å². The van der Waals surface area contributed by atoms with Gasteiger partial charge in [0.25, 0.3) is 0 Å². The number of thiazole rings is 1. The minimum atomic E-state index is -0.542. The third kappa shape index (κ3) is 16.5. The maximum Gasteiger partial charge on any atom is 0.343 e. The summed E-state index contributed by atoms with van der Waals surface area (Å²) in [7, 11) is 0. The van der Waals surface area contributed by atoms with E-state index in [2.05, 4.69) is 18.1 Å². The molecule has 6 rings (SSSR count). The van der Waals surface area contributed by atoms with Gasteiger partial charge in [-0.05, 0) is 147 Å². The number of nitrogens with zero attached hydrogens (tertiary/aromatic N) is 1. The van der Waals surface area contributed by atoms with E-state index in [4.69, 9.17) is 39.6 Å². The lowest BCUT2D eigenvalue weighted by molar-refractivity contribution is -0.138. The largest absolute Gasteiger partial charge is 0.494 e.